The van der Waals surface area contributed by atoms with Gasteiger partial charge in [0, 0.05) is 30.2 Å². The van der Waals surface area contributed by atoms with Gasteiger partial charge in [0.15, 0.2) is 11.6 Å². The Morgan fingerprint density at radius 2 is 1.81 bits per heavy atom. The van der Waals surface area contributed by atoms with Crippen molar-refractivity contribution in [2.24, 2.45) is 0 Å². The fourth-order valence-electron chi connectivity index (χ4n) is 1.56. The molecule has 1 aromatic heterocycles. The molecule has 0 saturated carbocycles. The van der Waals surface area contributed by atoms with E-state index in [1.807, 2.05) is 13.8 Å². The molecule has 2 N–H and O–H groups in total. The molecule has 2 rings (SSSR count). The summed E-state index contributed by atoms with van der Waals surface area (Å²) in [6, 6.07) is 3.29. The highest BCUT2D eigenvalue weighted by Crippen LogP contribution is 2.14. The van der Waals surface area contributed by atoms with E-state index < -0.39 is 17.5 Å². The number of rotatable bonds is 4. The van der Waals surface area contributed by atoms with Gasteiger partial charge >= 0.3 is 0 Å². The summed E-state index contributed by atoms with van der Waals surface area (Å²) < 4.78 is 25.8. The molecular weight excluding hydrogens is 278 g/mol. The van der Waals surface area contributed by atoms with Crippen LogP contribution in [0, 0.1) is 11.6 Å². The van der Waals surface area contributed by atoms with Gasteiger partial charge in [-0.2, -0.15) is 0 Å². The van der Waals surface area contributed by atoms with E-state index >= 15 is 0 Å². The summed E-state index contributed by atoms with van der Waals surface area (Å²) in [6.45, 7) is 3.88. The van der Waals surface area contributed by atoms with Gasteiger partial charge in [0.05, 0.1) is 5.56 Å². The van der Waals surface area contributed by atoms with E-state index in [-0.39, 0.29) is 17.3 Å². The van der Waals surface area contributed by atoms with Crippen LogP contribution in [0.4, 0.5) is 20.4 Å². The quantitative estimate of drug-likeness (QED) is 0.909. The number of halogens is 2. The van der Waals surface area contributed by atoms with Crippen molar-refractivity contribution in [1.82, 2.24) is 9.97 Å². The Hall–Kier alpha value is -2.57. The van der Waals surface area contributed by atoms with Gasteiger partial charge < -0.3 is 10.6 Å². The van der Waals surface area contributed by atoms with Crippen LogP contribution in [0.5, 0.6) is 0 Å². The largest absolute Gasteiger partial charge is 0.352 e. The number of amides is 1. The van der Waals surface area contributed by atoms with Crippen molar-refractivity contribution in [2.75, 3.05) is 10.6 Å². The number of carbonyl (C=O) groups excluding carboxylic acids is 1. The van der Waals surface area contributed by atoms with E-state index in [2.05, 4.69) is 20.6 Å². The summed E-state index contributed by atoms with van der Waals surface area (Å²) in [6.07, 6.45) is 2.71. The first-order chi connectivity index (χ1) is 9.95. The monoisotopic (exact) mass is 292 g/mol. The molecule has 0 bridgehead atoms. The van der Waals surface area contributed by atoms with E-state index in [0.717, 1.165) is 12.1 Å². The first-order valence-corrected chi connectivity index (χ1v) is 6.30. The molecule has 5 nitrogen and oxygen atoms in total. The maximum Gasteiger partial charge on any atom is 0.258 e. The van der Waals surface area contributed by atoms with Crippen LogP contribution in [0.2, 0.25) is 0 Å². The number of benzene rings is 1. The number of hydrogen-bond donors (Lipinski definition) is 2. The highest BCUT2D eigenvalue weighted by Gasteiger charge is 2.10. The van der Waals surface area contributed by atoms with E-state index in [4.69, 9.17) is 0 Å². The van der Waals surface area contributed by atoms with Crippen molar-refractivity contribution in [3.8, 4) is 0 Å². The summed E-state index contributed by atoms with van der Waals surface area (Å²) in [5, 5.41) is 5.43. The maximum atomic E-state index is 13.0. The smallest absolute Gasteiger partial charge is 0.258 e. The normalized spacial score (nSPS) is 10.5. The number of nitrogens with zero attached hydrogens (tertiary/aromatic N) is 2. The maximum absolute atomic E-state index is 13.0. The van der Waals surface area contributed by atoms with E-state index in [0.29, 0.717) is 5.95 Å². The molecule has 1 aromatic carbocycles. The zero-order valence-corrected chi connectivity index (χ0v) is 11.5. The van der Waals surface area contributed by atoms with Gasteiger partial charge in [-0.05, 0) is 26.0 Å². The molecule has 0 saturated heterocycles. The van der Waals surface area contributed by atoms with Gasteiger partial charge in [-0.3, -0.25) is 4.79 Å². The summed E-state index contributed by atoms with van der Waals surface area (Å²) in [5.41, 5.74) is 0.373. The van der Waals surface area contributed by atoms with E-state index in [9.17, 15) is 13.6 Å². The Kier molecular flexibility index (Phi) is 4.42. The Balaban J connectivity index is 2.07. The standard InChI is InChI=1S/C14H14F2N4O/c1-8(2)19-14-17-6-9(7-18-14)13(21)20-10-3-4-11(15)12(16)5-10/h3-8H,1-2H3,(H,20,21)(H,17,18,19). The molecule has 0 radical (unpaired) electrons. The molecule has 2 aromatic rings. The highest BCUT2D eigenvalue weighted by molar-refractivity contribution is 6.03. The number of nitrogens with one attached hydrogen (secondary N) is 2. The zero-order chi connectivity index (χ0) is 15.4. The SMILES string of the molecule is CC(C)Nc1ncc(C(=O)Nc2ccc(F)c(F)c2)cn1. The van der Waals surface area contributed by atoms with Crippen LogP contribution in [-0.4, -0.2) is 21.9 Å². The minimum atomic E-state index is -1.03. The molecule has 1 heterocycles. The molecular formula is C14H14F2N4O. The van der Waals surface area contributed by atoms with Crippen molar-refractivity contribution in [1.29, 1.82) is 0 Å². The van der Waals surface area contributed by atoms with Gasteiger partial charge in [-0.1, -0.05) is 0 Å². The lowest BCUT2D eigenvalue weighted by atomic mass is 10.2. The third-order valence-electron chi connectivity index (χ3n) is 2.51. The van der Waals surface area contributed by atoms with Gasteiger partial charge in [0.2, 0.25) is 5.95 Å². The molecule has 1 amide bonds. The summed E-state index contributed by atoms with van der Waals surface area (Å²) in [7, 11) is 0. The Labute approximate surface area is 120 Å². The van der Waals surface area contributed by atoms with Gasteiger partial charge in [-0.25, -0.2) is 18.7 Å². The van der Waals surface area contributed by atoms with Crippen LogP contribution in [0.15, 0.2) is 30.6 Å². The summed E-state index contributed by atoms with van der Waals surface area (Å²) in [5.74, 6) is -2.09. The highest BCUT2D eigenvalue weighted by atomic mass is 19.2. The van der Waals surface area contributed by atoms with Crippen LogP contribution in [0.1, 0.15) is 24.2 Å². The van der Waals surface area contributed by atoms with Gasteiger partial charge in [0.25, 0.3) is 5.91 Å². The minimum absolute atomic E-state index is 0.156. The Morgan fingerprint density at radius 1 is 1.14 bits per heavy atom. The molecule has 0 fully saturated rings. The summed E-state index contributed by atoms with van der Waals surface area (Å²) >= 11 is 0. The molecule has 110 valence electrons. The van der Waals surface area contributed by atoms with Crippen molar-refractivity contribution in [3.63, 3.8) is 0 Å². The Bertz CT molecular complexity index is 644. The lowest BCUT2D eigenvalue weighted by Crippen LogP contribution is -2.15. The third kappa shape index (κ3) is 3.95. The first-order valence-electron chi connectivity index (χ1n) is 6.30. The second-order valence-electron chi connectivity index (χ2n) is 4.68. The number of carbonyl (C=O) groups is 1. The molecule has 0 atom stereocenters. The zero-order valence-electron chi connectivity index (χ0n) is 11.5. The average molecular weight is 292 g/mol. The molecule has 0 spiro atoms. The van der Waals surface area contributed by atoms with Crippen molar-refractivity contribution >= 4 is 17.5 Å². The lowest BCUT2D eigenvalue weighted by molar-refractivity contribution is 0.102. The van der Waals surface area contributed by atoms with E-state index in [1.165, 1.54) is 18.5 Å². The number of anilines is 2. The van der Waals surface area contributed by atoms with Crippen LogP contribution in [0.3, 0.4) is 0 Å². The minimum Gasteiger partial charge on any atom is -0.352 e. The number of hydrogen-bond acceptors (Lipinski definition) is 4. The van der Waals surface area contributed by atoms with Gasteiger partial charge in [-0.15, -0.1) is 0 Å². The summed E-state index contributed by atoms with van der Waals surface area (Å²) in [4.78, 5) is 19.9. The fourth-order valence-corrected chi connectivity index (χ4v) is 1.56. The second-order valence-corrected chi connectivity index (χ2v) is 4.68. The second kappa shape index (κ2) is 6.25. The predicted octanol–water partition coefficient (Wildman–Crippen LogP) is 2.83. The molecule has 7 heteroatoms. The average Bonchev–Trinajstić information content (AvgIpc) is 2.43. The molecule has 0 aliphatic heterocycles. The van der Waals surface area contributed by atoms with E-state index in [1.54, 1.807) is 0 Å². The van der Waals surface area contributed by atoms with Crippen molar-refractivity contribution in [2.45, 2.75) is 19.9 Å². The predicted molar refractivity (Wildman–Crippen MR) is 75.1 cm³/mol. The van der Waals surface area contributed by atoms with Crippen LogP contribution in [-0.2, 0) is 0 Å². The first kappa shape index (κ1) is 14.8. The van der Waals surface area contributed by atoms with Gasteiger partial charge in [0.1, 0.15) is 0 Å². The fraction of sp³-hybridized carbons (Fsp3) is 0.214. The van der Waals surface area contributed by atoms with Crippen molar-refractivity contribution in [3.05, 3.63) is 47.8 Å². The van der Waals surface area contributed by atoms with Crippen LogP contribution in [0.25, 0.3) is 0 Å². The topological polar surface area (TPSA) is 66.9 Å². The molecule has 0 unspecified atom stereocenters. The lowest BCUT2D eigenvalue weighted by Gasteiger charge is -2.08. The Morgan fingerprint density at radius 3 is 2.38 bits per heavy atom. The molecule has 0 aliphatic carbocycles. The number of aromatic nitrogens is 2. The third-order valence-corrected chi connectivity index (χ3v) is 2.51. The van der Waals surface area contributed by atoms with Crippen molar-refractivity contribution < 1.29 is 13.6 Å². The molecule has 21 heavy (non-hydrogen) atoms. The molecule has 0 aliphatic rings. The van der Waals surface area contributed by atoms with Crippen LogP contribution < -0.4 is 10.6 Å². The van der Waals surface area contributed by atoms with Crippen LogP contribution >= 0.6 is 0 Å².